The highest BCUT2D eigenvalue weighted by molar-refractivity contribution is 5.91. The predicted molar refractivity (Wildman–Crippen MR) is 100 cm³/mol. The van der Waals surface area contributed by atoms with Crippen LogP contribution >= 0.6 is 0 Å². The highest BCUT2D eigenvalue weighted by Crippen LogP contribution is 2.40. The summed E-state index contributed by atoms with van der Waals surface area (Å²) in [5, 5.41) is 7.55. The van der Waals surface area contributed by atoms with E-state index in [9.17, 15) is 18.0 Å². The molecule has 30 heavy (non-hydrogen) atoms. The van der Waals surface area contributed by atoms with Crippen LogP contribution in [0.2, 0.25) is 0 Å². The normalized spacial score (nSPS) is 17.8. The van der Waals surface area contributed by atoms with Crippen molar-refractivity contribution >= 4 is 17.0 Å². The van der Waals surface area contributed by atoms with Crippen LogP contribution in [0.25, 0.3) is 11.1 Å². The van der Waals surface area contributed by atoms with E-state index in [2.05, 4.69) is 15.3 Å². The van der Waals surface area contributed by atoms with Gasteiger partial charge in [-0.3, -0.25) is 4.79 Å². The summed E-state index contributed by atoms with van der Waals surface area (Å²) in [6, 6.07) is 2.60. The third kappa shape index (κ3) is 3.66. The topological polar surface area (TPSA) is 85.3 Å². The van der Waals surface area contributed by atoms with Crippen molar-refractivity contribution in [3.05, 3.63) is 40.5 Å². The summed E-state index contributed by atoms with van der Waals surface area (Å²) in [5.74, 6) is -0.834. The summed E-state index contributed by atoms with van der Waals surface area (Å²) in [6.45, 7) is 5.93. The second-order valence-electron chi connectivity index (χ2n) is 7.92. The number of carbonyl (C=O) groups is 1. The van der Waals surface area contributed by atoms with Crippen LogP contribution in [0, 0.1) is 6.92 Å². The van der Waals surface area contributed by atoms with Crippen LogP contribution in [0.15, 0.2) is 21.2 Å². The molecule has 1 atom stereocenters. The zero-order chi connectivity index (χ0) is 21.6. The number of hydrogen-bond donors (Lipinski definition) is 0. The molecule has 4 rings (SSSR count). The maximum absolute atomic E-state index is 13.8. The molecule has 0 aromatic carbocycles. The number of fused-ring (bicyclic) bond motifs is 1. The smallest absolute Gasteiger partial charge is 0.351 e. The lowest BCUT2D eigenvalue weighted by atomic mass is 9.91. The Bertz CT molecular complexity index is 1090. The van der Waals surface area contributed by atoms with E-state index in [0.717, 1.165) is 6.07 Å². The number of pyridine rings is 1. The van der Waals surface area contributed by atoms with Gasteiger partial charge in [-0.15, -0.1) is 0 Å². The number of alkyl halides is 3. The minimum atomic E-state index is -4.58. The maximum atomic E-state index is 13.8. The van der Waals surface area contributed by atoms with Crippen LogP contribution in [0.3, 0.4) is 0 Å². The lowest BCUT2D eigenvalue weighted by molar-refractivity contribution is -0.136. The number of carbonyl (C=O) groups excluding carboxylic acids is 1. The zero-order valence-corrected chi connectivity index (χ0v) is 16.8. The summed E-state index contributed by atoms with van der Waals surface area (Å²) in [5.41, 5.74) is 0.126. The molecule has 1 aliphatic rings. The second kappa shape index (κ2) is 7.41. The number of hydrogen-bond acceptors (Lipinski definition) is 6. The maximum Gasteiger partial charge on any atom is 0.417 e. The van der Waals surface area contributed by atoms with Crippen molar-refractivity contribution in [3.63, 3.8) is 0 Å². The average Bonchev–Trinajstić information content (AvgIpc) is 3.32. The first-order chi connectivity index (χ1) is 14.1. The molecular formula is C20H21F3N4O3. The monoisotopic (exact) mass is 422 g/mol. The summed E-state index contributed by atoms with van der Waals surface area (Å²) in [6.07, 6.45) is -3.37. The van der Waals surface area contributed by atoms with Gasteiger partial charge in [0, 0.05) is 30.8 Å². The molecule has 1 saturated heterocycles. The molecule has 3 aromatic rings. The highest BCUT2D eigenvalue weighted by Gasteiger charge is 2.38. The lowest BCUT2D eigenvalue weighted by Gasteiger charge is -2.31. The molecule has 0 spiro atoms. The van der Waals surface area contributed by atoms with Crippen molar-refractivity contribution in [2.45, 2.75) is 51.6 Å². The van der Waals surface area contributed by atoms with Crippen molar-refractivity contribution in [2.75, 3.05) is 13.1 Å². The molecule has 10 heteroatoms. The highest BCUT2D eigenvalue weighted by atomic mass is 19.4. The van der Waals surface area contributed by atoms with Crippen LogP contribution in [0.1, 0.15) is 71.7 Å². The molecule has 0 N–H and O–H groups in total. The Balaban J connectivity index is 1.71. The summed E-state index contributed by atoms with van der Waals surface area (Å²) in [7, 11) is 0. The van der Waals surface area contributed by atoms with E-state index >= 15 is 0 Å². The van der Waals surface area contributed by atoms with Crippen LogP contribution in [0.5, 0.6) is 0 Å². The number of nitrogens with zero attached hydrogens (tertiary/aromatic N) is 4. The van der Waals surface area contributed by atoms with E-state index in [-0.39, 0.29) is 40.9 Å². The van der Waals surface area contributed by atoms with Crippen molar-refractivity contribution in [1.29, 1.82) is 0 Å². The third-order valence-electron chi connectivity index (χ3n) is 5.32. The van der Waals surface area contributed by atoms with Crippen molar-refractivity contribution in [1.82, 2.24) is 20.2 Å². The molecule has 0 saturated carbocycles. The number of halogens is 3. The molecule has 0 radical (unpaired) electrons. The van der Waals surface area contributed by atoms with Crippen molar-refractivity contribution < 1.29 is 27.0 Å². The number of aryl methyl sites for hydroxylation is 1. The zero-order valence-electron chi connectivity index (χ0n) is 16.8. The van der Waals surface area contributed by atoms with Gasteiger partial charge in [0.15, 0.2) is 0 Å². The van der Waals surface area contributed by atoms with E-state index in [1.807, 2.05) is 0 Å². The minimum Gasteiger partial charge on any atom is -0.351 e. The standard InChI is InChI=1S/C20H21F3N4O3/c1-10(2)14-8-13(20(21,22)23)16-17(26-30-18(16)24-14)12-5-4-6-27(9-12)19(28)15-7-11(3)25-29-15/h7-8,10,12H,4-6,9H2,1-3H3/t12-/m1/s1. The number of rotatable bonds is 3. The first-order valence-electron chi connectivity index (χ1n) is 9.75. The molecule has 1 fully saturated rings. The van der Waals surface area contributed by atoms with Gasteiger partial charge in [0.2, 0.25) is 5.76 Å². The number of piperidine rings is 1. The first-order valence-corrected chi connectivity index (χ1v) is 9.75. The number of amides is 1. The van der Waals surface area contributed by atoms with Gasteiger partial charge in [-0.1, -0.05) is 24.2 Å². The molecular weight excluding hydrogens is 401 g/mol. The minimum absolute atomic E-state index is 0.109. The van der Waals surface area contributed by atoms with Gasteiger partial charge in [0.25, 0.3) is 11.6 Å². The van der Waals surface area contributed by atoms with Crippen molar-refractivity contribution in [3.8, 4) is 0 Å². The third-order valence-corrected chi connectivity index (χ3v) is 5.32. The van der Waals surface area contributed by atoms with Gasteiger partial charge in [-0.25, -0.2) is 4.98 Å². The molecule has 3 aromatic heterocycles. The summed E-state index contributed by atoms with van der Waals surface area (Å²) >= 11 is 0. The fraction of sp³-hybridized carbons (Fsp3) is 0.500. The van der Waals surface area contributed by atoms with Gasteiger partial charge in [0.1, 0.15) is 0 Å². The largest absolute Gasteiger partial charge is 0.417 e. The Morgan fingerprint density at radius 1 is 1.23 bits per heavy atom. The van der Waals surface area contributed by atoms with Gasteiger partial charge in [-0.2, -0.15) is 13.2 Å². The van der Waals surface area contributed by atoms with Gasteiger partial charge < -0.3 is 13.9 Å². The SMILES string of the molecule is Cc1cc(C(=O)N2CCC[C@@H](c3noc4nc(C(C)C)cc(C(F)(F)F)c34)C2)on1. The number of aromatic nitrogens is 3. The fourth-order valence-electron chi connectivity index (χ4n) is 3.80. The summed E-state index contributed by atoms with van der Waals surface area (Å²) in [4.78, 5) is 18.5. The van der Waals surface area contributed by atoms with Gasteiger partial charge in [-0.05, 0) is 31.7 Å². The fourth-order valence-corrected chi connectivity index (χ4v) is 3.80. The van der Waals surface area contributed by atoms with Gasteiger partial charge in [0.05, 0.1) is 22.3 Å². The molecule has 0 bridgehead atoms. The van der Waals surface area contributed by atoms with Gasteiger partial charge >= 0.3 is 6.18 Å². The van der Waals surface area contributed by atoms with E-state index in [1.54, 1.807) is 25.7 Å². The second-order valence-corrected chi connectivity index (χ2v) is 7.92. The Kier molecular flexibility index (Phi) is 5.03. The van der Waals surface area contributed by atoms with Crippen LogP contribution in [-0.2, 0) is 6.18 Å². The van der Waals surface area contributed by atoms with E-state index in [4.69, 9.17) is 9.05 Å². The Labute approximate surface area is 170 Å². The number of likely N-dealkylation sites (tertiary alicyclic amines) is 1. The van der Waals surface area contributed by atoms with Crippen LogP contribution in [0.4, 0.5) is 13.2 Å². The first kappa shape index (κ1) is 20.4. The van der Waals surface area contributed by atoms with Crippen LogP contribution in [-0.4, -0.2) is 39.2 Å². The molecule has 0 unspecified atom stereocenters. The molecule has 1 amide bonds. The molecule has 4 heterocycles. The molecule has 160 valence electrons. The summed E-state index contributed by atoms with van der Waals surface area (Å²) < 4.78 is 51.8. The molecule has 1 aliphatic heterocycles. The Hall–Kier alpha value is -2.91. The van der Waals surface area contributed by atoms with E-state index in [0.29, 0.717) is 30.8 Å². The average molecular weight is 422 g/mol. The van der Waals surface area contributed by atoms with E-state index in [1.165, 1.54) is 6.07 Å². The predicted octanol–water partition coefficient (Wildman–Crippen LogP) is 4.68. The molecule has 7 nitrogen and oxygen atoms in total. The Morgan fingerprint density at radius 3 is 2.63 bits per heavy atom. The molecule has 0 aliphatic carbocycles. The van der Waals surface area contributed by atoms with Crippen molar-refractivity contribution in [2.24, 2.45) is 0 Å². The van der Waals surface area contributed by atoms with E-state index < -0.39 is 17.7 Å². The van der Waals surface area contributed by atoms with Crippen LogP contribution < -0.4 is 0 Å². The lowest BCUT2D eigenvalue weighted by Crippen LogP contribution is -2.39. The Morgan fingerprint density at radius 2 is 2.00 bits per heavy atom. The quantitative estimate of drug-likeness (QED) is 0.609.